The fraction of sp³-hybridized carbons (Fsp3) is 0.263. The quantitative estimate of drug-likeness (QED) is 0.881. The number of carbonyl (C=O) groups excluding carboxylic acids is 2. The third-order valence-corrected chi connectivity index (χ3v) is 4.44. The van der Waals surface area contributed by atoms with E-state index in [1.807, 2.05) is 32.0 Å². The van der Waals surface area contributed by atoms with Crippen LogP contribution in [0.4, 0.5) is 25.0 Å². The molecule has 5 nitrogen and oxygen atoms in total. The molecule has 3 amide bonds. The number of urea groups is 1. The topological polar surface area (TPSA) is 61.4 Å². The van der Waals surface area contributed by atoms with Gasteiger partial charge in [0, 0.05) is 24.7 Å². The Labute approximate surface area is 150 Å². The first-order chi connectivity index (χ1) is 12.3. The van der Waals surface area contributed by atoms with Gasteiger partial charge >= 0.3 is 6.03 Å². The number of nitrogens with zero attached hydrogens (tertiary/aromatic N) is 1. The van der Waals surface area contributed by atoms with Crippen molar-refractivity contribution in [3.05, 3.63) is 59.2 Å². The summed E-state index contributed by atoms with van der Waals surface area (Å²) in [5.41, 5.74) is 2.73. The standard InChI is InChI=1S/C19H19F2N3O2/c1-11-3-5-15(7-12(11)2)24-10-14(9-18(24)25)22-19(26)23-17-8-13(20)4-6-16(17)21/h3-8,14H,9-10H2,1-2H3,(H2,22,23,26)/t14-/m0/s1. The number of carbonyl (C=O) groups is 2. The highest BCUT2D eigenvalue weighted by Crippen LogP contribution is 2.24. The lowest BCUT2D eigenvalue weighted by Crippen LogP contribution is -2.39. The number of halogens is 2. The van der Waals surface area contributed by atoms with Crippen LogP contribution in [0.5, 0.6) is 0 Å². The number of nitrogens with one attached hydrogen (secondary N) is 2. The summed E-state index contributed by atoms with van der Waals surface area (Å²) in [4.78, 5) is 25.9. The van der Waals surface area contributed by atoms with Gasteiger partial charge in [-0.2, -0.15) is 0 Å². The van der Waals surface area contributed by atoms with Gasteiger partial charge in [0.15, 0.2) is 0 Å². The molecule has 1 aliphatic heterocycles. The van der Waals surface area contributed by atoms with Crippen LogP contribution in [-0.4, -0.2) is 24.5 Å². The van der Waals surface area contributed by atoms with Gasteiger partial charge in [-0.05, 0) is 49.2 Å². The van der Waals surface area contributed by atoms with Gasteiger partial charge in [-0.15, -0.1) is 0 Å². The normalized spacial score (nSPS) is 16.7. The minimum Gasteiger partial charge on any atom is -0.333 e. The van der Waals surface area contributed by atoms with E-state index in [9.17, 15) is 18.4 Å². The zero-order chi connectivity index (χ0) is 18.8. The lowest BCUT2D eigenvalue weighted by atomic mass is 10.1. The molecule has 1 fully saturated rings. The molecular weight excluding hydrogens is 340 g/mol. The van der Waals surface area contributed by atoms with Crippen molar-refractivity contribution in [2.75, 3.05) is 16.8 Å². The number of rotatable bonds is 3. The minimum atomic E-state index is -0.735. The number of hydrogen-bond donors (Lipinski definition) is 2. The molecule has 0 aliphatic carbocycles. The van der Waals surface area contributed by atoms with Gasteiger partial charge in [-0.3, -0.25) is 4.79 Å². The van der Waals surface area contributed by atoms with Crippen molar-refractivity contribution >= 4 is 23.3 Å². The predicted molar refractivity (Wildman–Crippen MR) is 95.2 cm³/mol. The van der Waals surface area contributed by atoms with Crippen molar-refractivity contribution in [2.45, 2.75) is 26.3 Å². The molecule has 2 aromatic carbocycles. The molecule has 0 aromatic heterocycles. The Morgan fingerprint density at radius 2 is 1.88 bits per heavy atom. The van der Waals surface area contributed by atoms with Crippen molar-refractivity contribution in [3.63, 3.8) is 0 Å². The summed E-state index contributed by atoms with van der Waals surface area (Å²) >= 11 is 0. The molecule has 1 heterocycles. The van der Waals surface area contributed by atoms with Gasteiger partial charge in [-0.25, -0.2) is 13.6 Å². The molecule has 0 spiro atoms. The maximum Gasteiger partial charge on any atom is 0.319 e. The second kappa shape index (κ2) is 7.11. The van der Waals surface area contributed by atoms with E-state index in [-0.39, 0.29) is 18.0 Å². The third-order valence-electron chi connectivity index (χ3n) is 4.44. The first kappa shape index (κ1) is 17.8. The van der Waals surface area contributed by atoms with E-state index in [0.29, 0.717) is 6.54 Å². The summed E-state index contributed by atoms with van der Waals surface area (Å²) in [6, 6.07) is 7.44. The van der Waals surface area contributed by atoms with Crippen LogP contribution in [0.1, 0.15) is 17.5 Å². The summed E-state index contributed by atoms with van der Waals surface area (Å²) < 4.78 is 26.8. The largest absolute Gasteiger partial charge is 0.333 e. The molecular formula is C19H19F2N3O2. The smallest absolute Gasteiger partial charge is 0.319 e. The number of hydrogen-bond acceptors (Lipinski definition) is 2. The molecule has 3 rings (SSSR count). The summed E-state index contributed by atoms with van der Waals surface area (Å²) in [6.45, 7) is 4.28. The van der Waals surface area contributed by atoms with Gasteiger partial charge in [0.05, 0.1) is 11.7 Å². The van der Waals surface area contributed by atoms with Gasteiger partial charge < -0.3 is 15.5 Å². The monoisotopic (exact) mass is 359 g/mol. The molecule has 0 unspecified atom stereocenters. The fourth-order valence-electron chi connectivity index (χ4n) is 2.88. The van der Waals surface area contributed by atoms with Gasteiger partial charge in [-0.1, -0.05) is 6.07 Å². The summed E-state index contributed by atoms with van der Waals surface area (Å²) in [5, 5.41) is 4.90. The number of amides is 3. The van der Waals surface area contributed by atoms with Crippen molar-refractivity contribution in [1.82, 2.24) is 5.32 Å². The van der Waals surface area contributed by atoms with Gasteiger partial charge in [0.25, 0.3) is 0 Å². The second-order valence-corrected chi connectivity index (χ2v) is 6.40. The summed E-state index contributed by atoms with van der Waals surface area (Å²) in [7, 11) is 0. The number of benzene rings is 2. The number of anilines is 2. The molecule has 1 saturated heterocycles. The molecule has 7 heteroatoms. The molecule has 2 N–H and O–H groups in total. The predicted octanol–water partition coefficient (Wildman–Crippen LogP) is 3.51. The van der Waals surface area contributed by atoms with Crippen LogP contribution in [0.3, 0.4) is 0 Å². The van der Waals surface area contributed by atoms with E-state index in [4.69, 9.17) is 0 Å². The van der Waals surface area contributed by atoms with E-state index in [1.54, 1.807) is 4.90 Å². The first-order valence-electron chi connectivity index (χ1n) is 8.23. The lowest BCUT2D eigenvalue weighted by Gasteiger charge is -2.18. The Bertz CT molecular complexity index is 870. The first-order valence-corrected chi connectivity index (χ1v) is 8.23. The lowest BCUT2D eigenvalue weighted by molar-refractivity contribution is -0.117. The number of aryl methyl sites for hydroxylation is 2. The maximum atomic E-state index is 13.6. The van der Waals surface area contributed by atoms with E-state index < -0.39 is 23.7 Å². The molecule has 0 bridgehead atoms. The van der Waals surface area contributed by atoms with Crippen LogP contribution in [0.15, 0.2) is 36.4 Å². The molecule has 136 valence electrons. The summed E-state index contributed by atoms with van der Waals surface area (Å²) in [5.74, 6) is -1.49. The van der Waals surface area contributed by atoms with Crippen LogP contribution < -0.4 is 15.5 Å². The van der Waals surface area contributed by atoms with Gasteiger partial charge in [0.1, 0.15) is 11.6 Å². The van der Waals surface area contributed by atoms with Crippen molar-refractivity contribution in [3.8, 4) is 0 Å². The highest BCUT2D eigenvalue weighted by Gasteiger charge is 2.31. The zero-order valence-electron chi connectivity index (χ0n) is 14.5. The van der Waals surface area contributed by atoms with Crippen LogP contribution in [0.2, 0.25) is 0 Å². The van der Waals surface area contributed by atoms with Crippen molar-refractivity contribution in [1.29, 1.82) is 0 Å². The van der Waals surface area contributed by atoms with Crippen LogP contribution >= 0.6 is 0 Å². The zero-order valence-corrected chi connectivity index (χ0v) is 14.5. The van der Waals surface area contributed by atoms with E-state index >= 15 is 0 Å². The van der Waals surface area contributed by atoms with Crippen molar-refractivity contribution < 1.29 is 18.4 Å². The van der Waals surface area contributed by atoms with E-state index in [2.05, 4.69) is 10.6 Å². The Hall–Kier alpha value is -2.96. The maximum absolute atomic E-state index is 13.6. The minimum absolute atomic E-state index is 0.101. The average Bonchev–Trinajstić information content (AvgIpc) is 2.93. The molecule has 2 aromatic rings. The highest BCUT2D eigenvalue weighted by molar-refractivity contribution is 5.97. The third kappa shape index (κ3) is 3.82. The van der Waals surface area contributed by atoms with Crippen molar-refractivity contribution in [2.24, 2.45) is 0 Å². The Morgan fingerprint density at radius 3 is 2.62 bits per heavy atom. The Morgan fingerprint density at radius 1 is 1.12 bits per heavy atom. The summed E-state index contributed by atoms with van der Waals surface area (Å²) in [6.07, 6.45) is 0.145. The molecule has 0 saturated carbocycles. The molecule has 1 atom stereocenters. The molecule has 26 heavy (non-hydrogen) atoms. The fourth-order valence-corrected chi connectivity index (χ4v) is 2.88. The van der Waals surface area contributed by atoms with Gasteiger partial charge in [0.2, 0.25) is 5.91 Å². The Kier molecular flexibility index (Phi) is 4.88. The second-order valence-electron chi connectivity index (χ2n) is 6.40. The average molecular weight is 359 g/mol. The van der Waals surface area contributed by atoms with E-state index in [1.165, 1.54) is 0 Å². The SMILES string of the molecule is Cc1ccc(N2C[C@@H](NC(=O)Nc3cc(F)ccc3F)CC2=O)cc1C. The molecule has 1 aliphatic rings. The van der Waals surface area contributed by atoms with Crippen LogP contribution in [0.25, 0.3) is 0 Å². The highest BCUT2D eigenvalue weighted by atomic mass is 19.1. The molecule has 0 radical (unpaired) electrons. The van der Waals surface area contributed by atoms with Crippen LogP contribution in [-0.2, 0) is 4.79 Å². The Balaban J connectivity index is 1.64. The van der Waals surface area contributed by atoms with E-state index in [0.717, 1.165) is 35.0 Å². The van der Waals surface area contributed by atoms with Crippen LogP contribution in [0, 0.1) is 25.5 Å².